The summed E-state index contributed by atoms with van der Waals surface area (Å²) in [6.07, 6.45) is 2.90. The molecule has 2 aromatic heterocycles. The molecule has 0 atom stereocenters. The van der Waals surface area contributed by atoms with E-state index < -0.39 is 5.97 Å². The molecule has 1 N–H and O–H groups in total. The highest BCUT2D eigenvalue weighted by atomic mass is 16.4. The topological polar surface area (TPSA) is 60.1 Å². The molecule has 0 spiro atoms. The standard InChI is InChI=1S/C16H17N3O2/c1-3-13-9-14(18(2)17-13)10-19-7-6-11-8-12(16(20)21)4-5-15(11)19/h4-9H,3,10H2,1-2H3,(H,20,21). The summed E-state index contributed by atoms with van der Waals surface area (Å²) in [5.74, 6) is -0.899. The molecule has 0 aliphatic rings. The molecule has 3 rings (SSSR count). The fourth-order valence-corrected chi connectivity index (χ4v) is 2.54. The van der Waals surface area contributed by atoms with Gasteiger partial charge >= 0.3 is 5.97 Å². The first kappa shape index (κ1) is 13.4. The molecular weight excluding hydrogens is 266 g/mol. The van der Waals surface area contributed by atoms with Crippen molar-refractivity contribution in [2.24, 2.45) is 7.05 Å². The highest BCUT2D eigenvalue weighted by molar-refractivity contribution is 5.93. The van der Waals surface area contributed by atoms with Crippen molar-refractivity contribution in [3.8, 4) is 0 Å². The number of rotatable bonds is 4. The molecule has 0 aliphatic carbocycles. The van der Waals surface area contributed by atoms with Gasteiger partial charge in [-0.1, -0.05) is 6.92 Å². The average Bonchev–Trinajstić information content (AvgIpc) is 3.03. The Bertz CT molecular complexity index is 814. The van der Waals surface area contributed by atoms with Crippen molar-refractivity contribution in [2.75, 3.05) is 0 Å². The quantitative estimate of drug-likeness (QED) is 0.800. The predicted molar refractivity (Wildman–Crippen MR) is 80.6 cm³/mol. The summed E-state index contributed by atoms with van der Waals surface area (Å²) >= 11 is 0. The van der Waals surface area contributed by atoms with E-state index in [4.69, 9.17) is 5.11 Å². The smallest absolute Gasteiger partial charge is 0.335 e. The van der Waals surface area contributed by atoms with Crippen LogP contribution < -0.4 is 0 Å². The molecule has 2 heterocycles. The van der Waals surface area contributed by atoms with E-state index >= 15 is 0 Å². The number of carbonyl (C=O) groups is 1. The van der Waals surface area contributed by atoms with E-state index in [1.165, 1.54) is 0 Å². The Balaban J connectivity index is 1.97. The second kappa shape index (κ2) is 5.09. The largest absolute Gasteiger partial charge is 0.478 e. The van der Waals surface area contributed by atoms with Crippen LogP contribution in [0.15, 0.2) is 36.5 Å². The van der Waals surface area contributed by atoms with Crippen molar-refractivity contribution >= 4 is 16.9 Å². The molecule has 0 saturated heterocycles. The highest BCUT2D eigenvalue weighted by Gasteiger charge is 2.09. The third kappa shape index (κ3) is 2.42. The fourth-order valence-electron chi connectivity index (χ4n) is 2.54. The summed E-state index contributed by atoms with van der Waals surface area (Å²) < 4.78 is 4.01. The number of nitrogens with zero attached hydrogens (tertiary/aromatic N) is 3. The van der Waals surface area contributed by atoms with Gasteiger partial charge in [0, 0.05) is 24.1 Å². The van der Waals surface area contributed by atoms with Crippen LogP contribution in [0.2, 0.25) is 0 Å². The maximum absolute atomic E-state index is 11.0. The van der Waals surface area contributed by atoms with Gasteiger partial charge in [-0.05, 0) is 36.8 Å². The van der Waals surface area contributed by atoms with Crippen LogP contribution in [0.1, 0.15) is 28.7 Å². The average molecular weight is 283 g/mol. The minimum atomic E-state index is -0.899. The molecular formula is C16H17N3O2. The maximum atomic E-state index is 11.0. The monoisotopic (exact) mass is 283 g/mol. The second-order valence-corrected chi connectivity index (χ2v) is 5.13. The zero-order valence-electron chi connectivity index (χ0n) is 12.1. The Labute approximate surface area is 122 Å². The Morgan fingerprint density at radius 1 is 1.29 bits per heavy atom. The second-order valence-electron chi connectivity index (χ2n) is 5.13. The van der Waals surface area contributed by atoms with E-state index in [2.05, 4.69) is 22.7 Å². The van der Waals surface area contributed by atoms with E-state index in [1.807, 2.05) is 30.1 Å². The van der Waals surface area contributed by atoms with Crippen LogP contribution in [0.25, 0.3) is 10.9 Å². The number of aromatic carboxylic acids is 1. The van der Waals surface area contributed by atoms with E-state index in [0.717, 1.165) is 35.3 Å². The van der Waals surface area contributed by atoms with E-state index in [-0.39, 0.29) is 0 Å². The number of hydrogen-bond acceptors (Lipinski definition) is 2. The molecule has 0 unspecified atom stereocenters. The van der Waals surface area contributed by atoms with Crippen LogP contribution in [-0.4, -0.2) is 25.4 Å². The van der Waals surface area contributed by atoms with Crippen molar-refractivity contribution in [3.05, 3.63) is 53.5 Å². The van der Waals surface area contributed by atoms with Crippen molar-refractivity contribution < 1.29 is 9.90 Å². The van der Waals surface area contributed by atoms with Crippen molar-refractivity contribution in [1.29, 1.82) is 0 Å². The van der Waals surface area contributed by atoms with Crippen molar-refractivity contribution in [1.82, 2.24) is 14.3 Å². The third-order valence-electron chi connectivity index (χ3n) is 3.74. The molecule has 1 aromatic carbocycles. The van der Waals surface area contributed by atoms with Gasteiger partial charge in [-0.3, -0.25) is 4.68 Å². The van der Waals surface area contributed by atoms with Crippen molar-refractivity contribution in [2.45, 2.75) is 19.9 Å². The molecule has 0 radical (unpaired) electrons. The van der Waals surface area contributed by atoms with Crippen LogP contribution in [0, 0.1) is 0 Å². The maximum Gasteiger partial charge on any atom is 0.335 e. The van der Waals surface area contributed by atoms with Crippen molar-refractivity contribution in [3.63, 3.8) is 0 Å². The minimum absolute atomic E-state index is 0.314. The molecule has 0 aliphatic heterocycles. The molecule has 0 amide bonds. The summed E-state index contributed by atoms with van der Waals surface area (Å²) in [6, 6.07) is 9.25. The number of hydrogen-bond donors (Lipinski definition) is 1. The number of aryl methyl sites for hydroxylation is 2. The van der Waals surface area contributed by atoms with E-state index in [9.17, 15) is 4.79 Å². The summed E-state index contributed by atoms with van der Waals surface area (Å²) in [4.78, 5) is 11.0. The van der Waals surface area contributed by atoms with Gasteiger partial charge in [-0.25, -0.2) is 4.79 Å². The first-order valence-corrected chi connectivity index (χ1v) is 6.92. The molecule has 5 heteroatoms. The summed E-state index contributed by atoms with van der Waals surface area (Å²) in [6.45, 7) is 2.81. The molecule has 0 saturated carbocycles. The van der Waals surface area contributed by atoms with Crippen LogP contribution in [0.5, 0.6) is 0 Å². The molecule has 21 heavy (non-hydrogen) atoms. The van der Waals surface area contributed by atoms with Crippen LogP contribution in [0.3, 0.4) is 0 Å². The normalized spacial score (nSPS) is 11.1. The lowest BCUT2D eigenvalue weighted by molar-refractivity contribution is 0.0697. The highest BCUT2D eigenvalue weighted by Crippen LogP contribution is 2.19. The first-order valence-electron chi connectivity index (χ1n) is 6.92. The van der Waals surface area contributed by atoms with Gasteiger partial charge in [0.1, 0.15) is 0 Å². The van der Waals surface area contributed by atoms with Gasteiger partial charge < -0.3 is 9.67 Å². The Kier molecular flexibility index (Phi) is 3.25. The van der Waals surface area contributed by atoms with Gasteiger partial charge in [0.2, 0.25) is 0 Å². The summed E-state index contributed by atoms with van der Waals surface area (Å²) in [7, 11) is 1.95. The Hall–Kier alpha value is -2.56. The lowest BCUT2D eigenvalue weighted by Gasteiger charge is -2.06. The molecule has 5 nitrogen and oxygen atoms in total. The van der Waals surface area contributed by atoms with Gasteiger partial charge in [0.25, 0.3) is 0 Å². The first-order chi connectivity index (χ1) is 10.1. The zero-order valence-corrected chi connectivity index (χ0v) is 12.1. The molecule has 3 aromatic rings. The number of fused-ring (bicyclic) bond motifs is 1. The van der Waals surface area contributed by atoms with Gasteiger partial charge in [0.15, 0.2) is 0 Å². The summed E-state index contributed by atoms with van der Waals surface area (Å²) in [5.41, 5.74) is 3.55. The number of carboxylic acids is 1. The number of carboxylic acid groups (broad SMARTS) is 1. The molecule has 108 valence electrons. The number of aromatic nitrogens is 3. The SMILES string of the molecule is CCc1cc(Cn2ccc3cc(C(=O)O)ccc32)n(C)n1. The van der Waals surface area contributed by atoms with E-state index in [1.54, 1.807) is 12.1 Å². The van der Waals surface area contributed by atoms with Gasteiger partial charge in [-0.15, -0.1) is 0 Å². The Morgan fingerprint density at radius 3 is 2.76 bits per heavy atom. The van der Waals surface area contributed by atoms with Gasteiger partial charge in [0.05, 0.1) is 23.5 Å². The third-order valence-corrected chi connectivity index (χ3v) is 3.74. The molecule has 0 bridgehead atoms. The van der Waals surface area contributed by atoms with Crippen LogP contribution in [-0.2, 0) is 20.0 Å². The molecule has 0 fully saturated rings. The van der Waals surface area contributed by atoms with E-state index in [0.29, 0.717) is 5.56 Å². The minimum Gasteiger partial charge on any atom is -0.478 e. The lowest BCUT2D eigenvalue weighted by atomic mass is 10.1. The predicted octanol–water partition coefficient (Wildman–Crippen LogP) is 2.68. The van der Waals surface area contributed by atoms with Gasteiger partial charge in [-0.2, -0.15) is 5.10 Å². The Morgan fingerprint density at radius 2 is 2.10 bits per heavy atom. The fraction of sp³-hybridized carbons (Fsp3) is 0.250. The van der Waals surface area contributed by atoms with Crippen LogP contribution in [0.4, 0.5) is 0 Å². The number of benzene rings is 1. The summed E-state index contributed by atoms with van der Waals surface area (Å²) in [5, 5.41) is 14.4. The zero-order chi connectivity index (χ0) is 15.0. The van der Waals surface area contributed by atoms with Crippen LogP contribution >= 0.6 is 0 Å². The lowest BCUT2D eigenvalue weighted by Crippen LogP contribution is -2.04.